The summed E-state index contributed by atoms with van der Waals surface area (Å²) in [5.41, 5.74) is -0.391. The van der Waals surface area contributed by atoms with Crippen LogP contribution in [0.5, 0.6) is 0 Å². The molecule has 0 spiro atoms. The van der Waals surface area contributed by atoms with Gasteiger partial charge in [0.15, 0.2) is 0 Å². The Bertz CT molecular complexity index is 1020. The highest BCUT2D eigenvalue weighted by molar-refractivity contribution is 5.92. The highest BCUT2D eigenvalue weighted by Gasteiger charge is 2.53. The fourth-order valence-electron chi connectivity index (χ4n) is 4.45. The zero-order valence-electron chi connectivity index (χ0n) is 17.2. The van der Waals surface area contributed by atoms with E-state index in [1.54, 1.807) is 21.8 Å². The number of aromatic amines is 2. The van der Waals surface area contributed by atoms with Crippen LogP contribution in [0.15, 0.2) is 27.9 Å². The number of carbonyl (C=O) groups is 2. The first kappa shape index (κ1) is 22.4. The van der Waals surface area contributed by atoms with Crippen LogP contribution in [0.25, 0.3) is 0 Å². The second-order valence-electron chi connectivity index (χ2n) is 7.85. The fourth-order valence-corrected chi connectivity index (χ4v) is 4.45. The van der Waals surface area contributed by atoms with Crippen molar-refractivity contribution in [1.29, 1.82) is 0 Å². The number of carboxylic acid groups (broad SMARTS) is 1. The number of aryl methyl sites for hydroxylation is 1. The van der Waals surface area contributed by atoms with Crippen LogP contribution in [0.2, 0.25) is 0 Å². The number of amides is 1. The monoisotopic (exact) mass is 434 g/mol. The molecule has 0 aromatic carbocycles. The third-order valence-electron chi connectivity index (χ3n) is 5.83. The second-order valence-corrected chi connectivity index (χ2v) is 7.85. The highest BCUT2D eigenvalue weighted by Crippen LogP contribution is 2.42. The number of H-pyrrole nitrogens is 2. The minimum absolute atomic E-state index is 0.0206. The summed E-state index contributed by atoms with van der Waals surface area (Å²) >= 11 is 0. The van der Waals surface area contributed by atoms with Crippen molar-refractivity contribution in [2.75, 3.05) is 32.8 Å². The Balaban J connectivity index is 0.000000858. The summed E-state index contributed by atoms with van der Waals surface area (Å²) in [6.45, 7) is 5.12. The van der Waals surface area contributed by atoms with Crippen LogP contribution in [0.3, 0.4) is 0 Å². The summed E-state index contributed by atoms with van der Waals surface area (Å²) in [6.07, 6.45) is 1.79. The molecule has 0 saturated carbocycles. The molecule has 2 aromatic heterocycles. The van der Waals surface area contributed by atoms with Crippen molar-refractivity contribution in [3.8, 4) is 0 Å². The minimum atomic E-state index is -0.526. The van der Waals surface area contributed by atoms with Gasteiger partial charge in [-0.15, -0.1) is 0 Å². The van der Waals surface area contributed by atoms with Gasteiger partial charge in [-0.3, -0.25) is 28.9 Å². The molecule has 0 unspecified atom stereocenters. The topological polar surface area (TPSA) is 165 Å². The Kier molecular flexibility index (Phi) is 6.71. The molecular formula is C19H26N6O6. The lowest BCUT2D eigenvalue weighted by molar-refractivity contribution is -0.122. The first-order valence-corrected chi connectivity index (χ1v) is 9.90. The lowest BCUT2D eigenvalue weighted by atomic mass is 9.82. The van der Waals surface area contributed by atoms with Gasteiger partial charge in [0.25, 0.3) is 17.9 Å². The van der Waals surface area contributed by atoms with Gasteiger partial charge in [0.2, 0.25) is 0 Å². The smallest absolute Gasteiger partial charge is 0.325 e. The van der Waals surface area contributed by atoms with E-state index in [2.05, 4.69) is 20.0 Å². The maximum Gasteiger partial charge on any atom is 0.325 e. The minimum Gasteiger partial charge on any atom is -0.483 e. The molecule has 4 rings (SSSR count). The summed E-state index contributed by atoms with van der Waals surface area (Å²) < 4.78 is 1.72. The SMILES string of the molecule is CCn1ccc(C(=O)N2C[C@@H]3CN(Cc4cc(=O)[nH]c(=O)[nH]4)C[C@]3(CO)C2)n1.O=CO. The van der Waals surface area contributed by atoms with Gasteiger partial charge in [-0.25, -0.2) is 4.79 Å². The van der Waals surface area contributed by atoms with E-state index >= 15 is 0 Å². The van der Waals surface area contributed by atoms with Crippen molar-refractivity contribution in [1.82, 2.24) is 29.5 Å². The van der Waals surface area contributed by atoms with Crippen LogP contribution in [0.4, 0.5) is 0 Å². The Morgan fingerprint density at radius 1 is 1.32 bits per heavy atom. The van der Waals surface area contributed by atoms with E-state index in [1.807, 2.05) is 6.92 Å². The van der Waals surface area contributed by atoms with Crippen molar-refractivity contribution in [2.24, 2.45) is 11.3 Å². The standard InChI is InChI=1S/C18H24N6O4.CH2O2/c1-2-24-4-3-14(21-24)16(27)23-7-12-6-22(9-18(12,10-23)11-25)8-13-5-15(26)20-17(28)19-13;2-1-3/h3-5,12,25H,2,6-11H2,1H3,(H2,19,20,26,28);1H,(H,2,3)/t12-,18+;/m0./s1. The second kappa shape index (κ2) is 9.27. The number of aliphatic hydroxyl groups is 1. The lowest BCUT2D eigenvalue weighted by Gasteiger charge is -2.27. The van der Waals surface area contributed by atoms with E-state index in [9.17, 15) is 19.5 Å². The molecule has 1 amide bonds. The number of hydrogen-bond acceptors (Lipinski definition) is 7. The van der Waals surface area contributed by atoms with Crippen LogP contribution >= 0.6 is 0 Å². The van der Waals surface area contributed by atoms with Gasteiger partial charge >= 0.3 is 5.69 Å². The van der Waals surface area contributed by atoms with Gasteiger partial charge in [-0.2, -0.15) is 5.10 Å². The molecule has 12 nitrogen and oxygen atoms in total. The van der Waals surface area contributed by atoms with E-state index in [4.69, 9.17) is 9.90 Å². The van der Waals surface area contributed by atoms with Crippen molar-refractivity contribution in [2.45, 2.75) is 20.0 Å². The molecule has 4 heterocycles. The third-order valence-corrected chi connectivity index (χ3v) is 5.83. The third kappa shape index (κ3) is 4.75. The van der Waals surface area contributed by atoms with Crippen LogP contribution in [-0.4, -0.2) is 84.9 Å². The fraction of sp³-hybridized carbons (Fsp3) is 0.526. The van der Waals surface area contributed by atoms with Gasteiger partial charge < -0.3 is 20.1 Å². The van der Waals surface area contributed by atoms with Crippen LogP contribution in [0, 0.1) is 11.3 Å². The quantitative estimate of drug-likeness (QED) is 0.415. The maximum absolute atomic E-state index is 12.8. The summed E-state index contributed by atoms with van der Waals surface area (Å²) in [6, 6.07) is 3.10. The molecule has 2 fully saturated rings. The van der Waals surface area contributed by atoms with E-state index in [0.29, 0.717) is 50.7 Å². The van der Waals surface area contributed by atoms with E-state index < -0.39 is 16.7 Å². The van der Waals surface area contributed by atoms with Crippen LogP contribution in [-0.2, 0) is 17.9 Å². The lowest BCUT2D eigenvalue weighted by Crippen LogP contribution is -2.39. The molecule has 168 valence electrons. The number of rotatable bonds is 5. The average Bonchev–Trinajstić information content (AvgIpc) is 3.40. The first-order chi connectivity index (χ1) is 14.8. The summed E-state index contributed by atoms with van der Waals surface area (Å²) in [5.74, 6) is 0.0170. The Hall–Kier alpha value is -3.25. The van der Waals surface area contributed by atoms with Crippen LogP contribution in [0.1, 0.15) is 23.1 Å². The summed E-state index contributed by atoms with van der Waals surface area (Å²) in [4.78, 5) is 52.8. The van der Waals surface area contributed by atoms with Crippen molar-refractivity contribution < 1.29 is 19.8 Å². The molecule has 2 atom stereocenters. The normalized spacial score (nSPS) is 22.6. The van der Waals surface area contributed by atoms with E-state index in [1.165, 1.54) is 6.07 Å². The number of aliphatic hydroxyl groups excluding tert-OH is 1. The molecule has 0 aliphatic carbocycles. The largest absolute Gasteiger partial charge is 0.483 e. The zero-order valence-corrected chi connectivity index (χ0v) is 17.2. The number of fused-ring (bicyclic) bond motifs is 1. The van der Waals surface area contributed by atoms with Crippen molar-refractivity contribution in [3.63, 3.8) is 0 Å². The Labute approximate surface area is 177 Å². The van der Waals surface area contributed by atoms with Crippen LogP contribution < -0.4 is 11.2 Å². The number of nitrogens with zero attached hydrogens (tertiary/aromatic N) is 4. The Morgan fingerprint density at radius 2 is 2.06 bits per heavy atom. The molecule has 2 aliphatic rings. The van der Waals surface area contributed by atoms with Gasteiger partial charge in [-0.1, -0.05) is 0 Å². The molecule has 2 aromatic rings. The predicted octanol–water partition coefficient (Wildman–Crippen LogP) is -1.45. The average molecular weight is 434 g/mol. The van der Waals surface area contributed by atoms with E-state index in [0.717, 1.165) is 0 Å². The molecule has 12 heteroatoms. The zero-order chi connectivity index (χ0) is 22.6. The summed E-state index contributed by atoms with van der Waals surface area (Å²) in [7, 11) is 0. The molecular weight excluding hydrogens is 408 g/mol. The first-order valence-electron chi connectivity index (χ1n) is 9.90. The van der Waals surface area contributed by atoms with E-state index in [-0.39, 0.29) is 24.9 Å². The number of aromatic nitrogens is 4. The molecule has 4 N–H and O–H groups in total. The number of hydrogen-bond donors (Lipinski definition) is 4. The maximum atomic E-state index is 12.8. The predicted molar refractivity (Wildman–Crippen MR) is 108 cm³/mol. The number of carbonyl (C=O) groups excluding carboxylic acids is 1. The van der Waals surface area contributed by atoms with Gasteiger partial charge in [0.1, 0.15) is 5.69 Å². The molecule has 2 aliphatic heterocycles. The molecule has 0 radical (unpaired) electrons. The van der Waals surface area contributed by atoms with Gasteiger partial charge in [-0.05, 0) is 18.9 Å². The van der Waals surface area contributed by atoms with Crippen molar-refractivity contribution >= 4 is 12.4 Å². The molecule has 31 heavy (non-hydrogen) atoms. The summed E-state index contributed by atoms with van der Waals surface area (Å²) in [5, 5.41) is 21.3. The molecule has 2 saturated heterocycles. The molecule has 0 bridgehead atoms. The van der Waals surface area contributed by atoms with Gasteiger partial charge in [0, 0.05) is 62.6 Å². The number of nitrogens with one attached hydrogen (secondary N) is 2. The Morgan fingerprint density at radius 3 is 2.65 bits per heavy atom. The highest BCUT2D eigenvalue weighted by atomic mass is 16.3. The van der Waals surface area contributed by atoms with Crippen molar-refractivity contribution in [3.05, 3.63) is 50.6 Å². The number of likely N-dealkylation sites (tertiary alicyclic amines) is 2. The van der Waals surface area contributed by atoms with Gasteiger partial charge in [0.05, 0.1) is 6.61 Å².